The number of hydrogen-bond donors (Lipinski definition) is 2. The van der Waals surface area contributed by atoms with E-state index < -0.39 is 36.5 Å². The molecule has 4 rings (SSSR count). The Labute approximate surface area is 218 Å². The van der Waals surface area contributed by atoms with Crippen molar-refractivity contribution in [1.82, 2.24) is 0 Å². The van der Waals surface area contributed by atoms with E-state index in [-0.39, 0.29) is 29.9 Å². The van der Waals surface area contributed by atoms with Gasteiger partial charge in [-0.05, 0) is 74.5 Å². The van der Waals surface area contributed by atoms with Gasteiger partial charge >= 0.3 is 11.9 Å². The molecular formula is C29H40O8. The van der Waals surface area contributed by atoms with Gasteiger partial charge in [-0.15, -0.1) is 0 Å². The molecule has 0 aromatic heterocycles. The van der Waals surface area contributed by atoms with Crippen molar-refractivity contribution in [2.45, 2.75) is 110 Å². The van der Waals surface area contributed by atoms with Gasteiger partial charge in [-0.2, -0.15) is 0 Å². The van der Waals surface area contributed by atoms with Crippen molar-refractivity contribution in [1.29, 1.82) is 0 Å². The van der Waals surface area contributed by atoms with E-state index in [1.165, 1.54) is 30.5 Å². The molecule has 0 unspecified atom stereocenters. The maximum Gasteiger partial charge on any atom is 0.303 e. The first-order chi connectivity index (χ1) is 17.4. The molecule has 204 valence electrons. The number of allylic oxidation sites excluding steroid dienone is 2. The number of hydrogen-bond acceptors (Lipinski definition) is 8. The summed E-state index contributed by atoms with van der Waals surface area (Å²) >= 11 is 0. The number of benzene rings is 1. The molecule has 0 bridgehead atoms. The van der Waals surface area contributed by atoms with E-state index >= 15 is 0 Å². The van der Waals surface area contributed by atoms with Gasteiger partial charge in [0.1, 0.15) is 0 Å². The van der Waals surface area contributed by atoms with Crippen LogP contribution in [-0.4, -0.2) is 53.4 Å². The van der Waals surface area contributed by atoms with Crippen LogP contribution in [0, 0.1) is 12.8 Å². The maximum absolute atomic E-state index is 11.7. The highest BCUT2D eigenvalue weighted by Gasteiger charge is 2.47. The maximum atomic E-state index is 11.7. The molecule has 1 aromatic rings. The van der Waals surface area contributed by atoms with Gasteiger partial charge in [0.15, 0.2) is 29.8 Å². The summed E-state index contributed by atoms with van der Waals surface area (Å²) in [5, 5.41) is 22.6. The second-order valence-electron chi connectivity index (χ2n) is 11.2. The van der Waals surface area contributed by atoms with Crippen LogP contribution in [0.5, 0.6) is 11.5 Å². The Bertz CT molecular complexity index is 1090. The fourth-order valence-electron chi connectivity index (χ4n) is 6.57. The highest BCUT2D eigenvalue weighted by atomic mass is 16.7. The first-order valence-electron chi connectivity index (χ1n) is 13.3. The molecular weight excluding hydrogens is 476 g/mol. The number of ether oxygens (including phenoxy) is 4. The molecule has 8 atom stereocenters. The third-order valence-corrected chi connectivity index (χ3v) is 8.05. The minimum atomic E-state index is -1.44. The van der Waals surface area contributed by atoms with Crippen molar-refractivity contribution < 1.29 is 38.7 Å². The number of aliphatic hydroxyl groups excluding tert-OH is 1. The van der Waals surface area contributed by atoms with E-state index in [1.54, 1.807) is 0 Å². The van der Waals surface area contributed by atoms with Crippen LogP contribution in [0.3, 0.4) is 0 Å². The van der Waals surface area contributed by atoms with Crippen LogP contribution in [0.1, 0.15) is 101 Å². The van der Waals surface area contributed by atoms with Crippen LogP contribution >= 0.6 is 0 Å². The highest BCUT2D eigenvalue weighted by molar-refractivity contribution is 5.67. The zero-order chi connectivity index (χ0) is 27.2. The topological polar surface area (TPSA) is 112 Å². The van der Waals surface area contributed by atoms with Crippen LogP contribution in [0.4, 0.5) is 0 Å². The minimum absolute atomic E-state index is 0.0837. The largest absolute Gasteiger partial charge is 0.504 e. The van der Waals surface area contributed by atoms with Crippen molar-refractivity contribution in [3.8, 4) is 11.5 Å². The van der Waals surface area contributed by atoms with E-state index in [0.717, 1.165) is 30.4 Å². The second-order valence-corrected chi connectivity index (χ2v) is 11.2. The van der Waals surface area contributed by atoms with Crippen molar-refractivity contribution in [3.05, 3.63) is 33.9 Å². The van der Waals surface area contributed by atoms with Crippen LogP contribution in [0.25, 0.3) is 0 Å². The van der Waals surface area contributed by atoms with E-state index in [0.29, 0.717) is 11.8 Å². The molecule has 8 heteroatoms. The van der Waals surface area contributed by atoms with Gasteiger partial charge in [-0.3, -0.25) is 9.59 Å². The third-order valence-electron chi connectivity index (χ3n) is 8.05. The number of esters is 2. The lowest BCUT2D eigenvalue weighted by atomic mass is 9.62. The molecule has 1 saturated heterocycles. The van der Waals surface area contributed by atoms with Crippen LogP contribution in [0.15, 0.2) is 11.6 Å². The van der Waals surface area contributed by atoms with Crippen molar-refractivity contribution in [2.24, 2.45) is 5.92 Å². The summed E-state index contributed by atoms with van der Waals surface area (Å²) in [5.74, 6) is 0.384. The standard InChI is InChI=1S/C29H40O8/c1-13(2)10-19-11-15(4)20-9-8-14(3)22-24(20)23(19)16(5)27(25(22)32)37-29-26(33)28(36-18(7)31)21(12-34-29)35-17(6)30/h10,14-15,19-21,26,28-29,32-33H,8-9,11-12H2,1-7H3/t14-,15-,19+,20+,21-,26+,28-,29+/m0/s1. The summed E-state index contributed by atoms with van der Waals surface area (Å²) in [6, 6.07) is 0. The van der Waals surface area contributed by atoms with Crippen molar-refractivity contribution >= 4 is 11.9 Å². The normalized spacial score (nSPS) is 32.6. The Morgan fingerprint density at radius 2 is 1.68 bits per heavy atom. The van der Waals surface area contributed by atoms with Gasteiger partial charge in [0.05, 0.1) is 6.61 Å². The molecule has 37 heavy (non-hydrogen) atoms. The molecule has 1 fully saturated rings. The number of aromatic hydroxyl groups is 1. The summed E-state index contributed by atoms with van der Waals surface area (Å²) in [6.45, 7) is 12.9. The molecule has 1 aromatic carbocycles. The molecule has 0 radical (unpaired) electrons. The molecule has 2 N–H and O–H groups in total. The first kappa shape index (κ1) is 27.5. The molecule has 3 aliphatic rings. The van der Waals surface area contributed by atoms with Crippen molar-refractivity contribution in [3.63, 3.8) is 0 Å². The van der Waals surface area contributed by atoms with Crippen molar-refractivity contribution in [2.75, 3.05) is 6.61 Å². The Morgan fingerprint density at radius 3 is 2.30 bits per heavy atom. The second kappa shape index (κ2) is 10.7. The molecule has 1 heterocycles. The van der Waals surface area contributed by atoms with E-state index in [1.807, 2.05) is 6.92 Å². The fourth-order valence-corrected chi connectivity index (χ4v) is 6.57. The quantitative estimate of drug-likeness (QED) is 0.427. The Balaban J connectivity index is 1.77. The predicted molar refractivity (Wildman–Crippen MR) is 137 cm³/mol. The van der Waals surface area contributed by atoms with Gasteiger partial charge in [0.2, 0.25) is 6.29 Å². The molecule has 0 spiro atoms. The van der Waals surface area contributed by atoms with Gasteiger partial charge in [0.25, 0.3) is 0 Å². The lowest BCUT2D eigenvalue weighted by Crippen LogP contribution is -2.57. The lowest BCUT2D eigenvalue weighted by Gasteiger charge is -2.44. The summed E-state index contributed by atoms with van der Waals surface area (Å²) in [4.78, 5) is 23.3. The molecule has 2 aliphatic carbocycles. The predicted octanol–water partition coefficient (Wildman–Crippen LogP) is 4.73. The lowest BCUT2D eigenvalue weighted by molar-refractivity contribution is -0.254. The summed E-state index contributed by atoms with van der Waals surface area (Å²) < 4.78 is 22.5. The van der Waals surface area contributed by atoms with E-state index in [4.69, 9.17) is 18.9 Å². The van der Waals surface area contributed by atoms with Gasteiger partial charge in [-0.25, -0.2) is 0 Å². The Hall–Kier alpha value is -2.58. The molecule has 1 aliphatic heterocycles. The highest BCUT2D eigenvalue weighted by Crippen LogP contribution is 2.58. The number of phenols is 1. The SMILES string of the molecule is CC(=O)O[C@@H]1[C@@H](O)[C@@H](Oc2c(C)c3c4c(c2O)[C@@H](C)CC[C@@H]4[C@@H](C)C[C@H]3C=C(C)C)OC[C@@H]1OC(C)=O. The Morgan fingerprint density at radius 1 is 1.00 bits per heavy atom. The minimum Gasteiger partial charge on any atom is -0.504 e. The summed E-state index contributed by atoms with van der Waals surface area (Å²) in [5.41, 5.74) is 5.42. The third kappa shape index (κ3) is 5.23. The smallest absolute Gasteiger partial charge is 0.303 e. The van der Waals surface area contributed by atoms with Gasteiger partial charge < -0.3 is 29.2 Å². The summed E-state index contributed by atoms with van der Waals surface area (Å²) in [7, 11) is 0. The average Bonchev–Trinajstić information content (AvgIpc) is 2.78. The Kier molecular flexibility index (Phi) is 7.91. The van der Waals surface area contributed by atoms with Gasteiger partial charge in [-0.1, -0.05) is 25.5 Å². The van der Waals surface area contributed by atoms with Gasteiger partial charge in [0, 0.05) is 25.3 Å². The molecule has 0 saturated carbocycles. The zero-order valence-corrected chi connectivity index (χ0v) is 22.9. The van der Waals surface area contributed by atoms with E-state index in [9.17, 15) is 19.8 Å². The number of carbonyl (C=O) groups excluding carboxylic acids is 2. The molecule has 0 amide bonds. The van der Waals surface area contributed by atoms with E-state index in [2.05, 4.69) is 33.8 Å². The fraction of sp³-hybridized carbons (Fsp3) is 0.655. The number of aliphatic hydroxyl groups is 1. The number of phenolic OH excluding ortho intramolecular Hbond substituents is 1. The first-order valence-corrected chi connectivity index (χ1v) is 13.3. The van der Waals surface area contributed by atoms with Crippen LogP contribution < -0.4 is 4.74 Å². The van der Waals surface area contributed by atoms with Crippen LogP contribution in [-0.2, 0) is 23.8 Å². The monoisotopic (exact) mass is 516 g/mol. The summed E-state index contributed by atoms with van der Waals surface area (Å²) in [6.07, 6.45) is 0.573. The van der Waals surface area contributed by atoms with Crippen LogP contribution in [0.2, 0.25) is 0 Å². The molecule has 8 nitrogen and oxygen atoms in total. The average molecular weight is 517 g/mol. The zero-order valence-electron chi connectivity index (χ0n) is 22.9. The number of carbonyl (C=O) groups is 2. The number of rotatable bonds is 5.